The van der Waals surface area contributed by atoms with E-state index in [1.807, 2.05) is 55.6 Å². The van der Waals surface area contributed by atoms with Crippen LogP contribution in [0.15, 0.2) is 54.6 Å². The number of nitrogens with two attached hydrogens (primary N) is 1. The lowest BCUT2D eigenvalue weighted by Crippen LogP contribution is -2.16. The van der Waals surface area contributed by atoms with Gasteiger partial charge < -0.3 is 10.3 Å². The number of benzene rings is 2. The highest BCUT2D eigenvalue weighted by Gasteiger charge is 2.15. The smallest absolute Gasteiger partial charge is 0.131 e. The number of imidazole rings is 1. The molecule has 3 rings (SSSR count). The number of nitrogens with zero attached hydrogens (tertiary/aromatic N) is 2. The van der Waals surface area contributed by atoms with Gasteiger partial charge in [0.25, 0.3) is 0 Å². The fourth-order valence-corrected chi connectivity index (χ4v) is 2.25. The van der Waals surface area contributed by atoms with Gasteiger partial charge in [-0.15, -0.1) is 0 Å². The maximum atomic E-state index is 6.30. The van der Waals surface area contributed by atoms with Crippen LogP contribution in [0.5, 0.6) is 0 Å². The summed E-state index contributed by atoms with van der Waals surface area (Å²) < 4.78 is 2.06. The summed E-state index contributed by atoms with van der Waals surface area (Å²) in [6.07, 6.45) is 0. The molecule has 90 valence electrons. The van der Waals surface area contributed by atoms with E-state index in [1.54, 1.807) is 0 Å². The third kappa shape index (κ3) is 1.69. The monoisotopic (exact) mass is 237 g/mol. The standard InChI is InChI=1S/C15H15N3/c1-18-13-10-6-5-9-12(13)17-15(18)14(16)11-7-3-2-4-8-11/h2-10,14H,16H2,1H3. The Kier molecular flexibility index (Phi) is 2.61. The van der Waals surface area contributed by atoms with Crippen molar-refractivity contribution in [1.82, 2.24) is 9.55 Å². The van der Waals surface area contributed by atoms with E-state index in [-0.39, 0.29) is 6.04 Å². The summed E-state index contributed by atoms with van der Waals surface area (Å²) in [6.45, 7) is 0. The zero-order chi connectivity index (χ0) is 12.5. The third-order valence-electron chi connectivity index (χ3n) is 3.26. The summed E-state index contributed by atoms with van der Waals surface area (Å²) in [5.41, 5.74) is 9.47. The molecule has 2 aromatic carbocycles. The van der Waals surface area contributed by atoms with E-state index >= 15 is 0 Å². The van der Waals surface area contributed by atoms with Crippen LogP contribution in [-0.2, 0) is 7.05 Å². The Labute approximate surface area is 106 Å². The van der Waals surface area contributed by atoms with E-state index in [0.29, 0.717) is 0 Å². The van der Waals surface area contributed by atoms with Crippen molar-refractivity contribution in [1.29, 1.82) is 0 Å². The average Bonchev–Trinajstić information content (AvgIpc) is 2.77. The summed E-state index contributed by atoms with van der Waals surface area (Å²) in [4.78, 5) is 4.63. The van der Waals surface area contributed by atoms with Crippen molar-refractivity contribution in [2.75, 3.05) is 0 Å². The second-order valence-corrected chi connectivity index (χ2v) is 4.41. The predicted molar refractivity (Wildman–Crippen MR) is 73.2 cm³/mol. The van der Waals surface area contributed by atoms with Gasteiger partial charge in [-0.3, -0.25) is 0 Å². The first-order valence-corrected chi connectivity index (χ1v) is 5.99. The third-order valence-corrected chi connectivity index (χ3v) is 3.26. The van der Waals surface area contributed by atoms with Crippen LogP contribution in [0.4, 0.5) is 0 Å². The Morgan fingerprint density at radius 2 is 1.67 bits per heavy atom. The van der Waals surface area contributed by atoms with Gasteiger partial charge in [-0.05, 0) is 17.7 Å². The molecule has 0 aliphatic rings. The zero-order valence-electron chi connectivity index (χ0n) is 10.2. The number of fused-ring (bicyclic) bond motifs is 1. The first kappa shape index (κ1) is 11.0. The van der Waals surface area contributed by atoms with Crippen molar-refractivity contribution >= 4 is 11.0 Å². The maximum absolute atomic E-state index is 6.30. The number of aryl methyl sites for hydroxylation is 1. The molecule has 18 heavy (non-hydrogen) atoms. The van der Waals surface area contributed by atoms with Crippen molar-refractivity contribution in [2.24, 2.45) is 12.8 Å². The van der Waals surface area contributed by atoms with Crippen molar-refractivity contribution in [3.63, 3.8) is 0 Å². The number of para-hydroxylation sites is 2. The van der Waals surface area contributed by atoms with Gasteiger partial charge in [0.1, 0.15) is 5.82 Å². The second-order valence-electron chi connectivity index (χ2n) is 4.41. The van der Waals surface area contributed by atoms with Gasteiger partial charge in [0.15, 0.2) is 0 Å². The molecular weight excluding hydrogens is 222 g/mol. The number of aromatic nitrogens is 2. The van der Waals surface area contributed by atoms with Crippen LogP contribution in [0.1, 0.15) is 17.4 Å². The number of rotatable bonds is 2. The summed E-state index contributed by atoms with van der Waals surface area (Å²) in [5, 5.41) is 0. The highest BCUT2D eigenvalue weighted by molar-refractivity contribution is 5.76. The van der Waals surface area contributed by atoms with Crippen LogP contribution in [-0.4, -0.2) is 9.55 Å². The van der Waals surface area contributed by atoms with E-state index < -0.39 is 0 Å². The van der Waals surface area contributed by atoms with Crippen molar-refractivity contribution < 1.29 is 0 Å². The van der Waals surface area contributed by atoms with Crippen LogP contribution in [0.25, 0.3) is 11.0 Å². The van der Waals surface area contributed by atoms with Crippen molar-refractivity contribution in [2.45, 2.75) is 6.04 Å². The minimum absolute atomic E-state index is 0.191. The molecule has 2 N–H and O–H groups in total. The first-order valence-electron chi connectivity index (χ1n) is 5.99. The second kappa shape index (κ2) is 4.27. The Morgan fingerprint density at radius 1 is 1.00 bits per heavy atom. The molecular formula is C15H15N3. The fraction of sp³-hybridized carbons (Fsp3) is 0.133. The Balaban J connectivity index is 2.12. The molecule has 1 aromatic heterocycles. The van der Waals surface area contributed by atoms with Gasteiger partial charge in [0.2, 0.25) is 0 Å². The van der Waals surface area contributed by atoms with Gasteiger partial charge in [0.05, 0.1) is 17.1 Å². The van der Waals surface area contributed by atoms with Gasteiger partial charge in [-0.25, -0.2) is 4.98 Å². The molecule has 0 aliphatic heterocycles. The SMILES string of the molecule is Cn1c(C(N)c2ccccc2)nc2ccccc21. The van der Waals surface area contributed by atoms with Crippen molar-refractivity contribution in [3.05, 3.63) is 66.0 Å². The lowest BCUT2D eigenvalue weighted by Gasteiger charge is -2.11. The summed E-state index contributed by atoms with van der Waals surface area (Å²) >= 11 is 0. The average molecular weight is 237 g/mol. The minimum Gasteiger partial charge on any atom is -0.330 e. The molecule has 0 saturated carbocycles. The van der Waals surface area contributed by atoms with E-state index in [1.165, 1.54) is 0 Å². The Morgan fingerprint density at radius 3 is 2.39 bits per heavy atom. The zero-order valence-corrected chi connectivity index (χ0v) is 10.2. The molecule has 0 saturated heterocycles. The molecule has 0 spiro atoms. The molecule has 0 radical (unpaired) electrons. The predicted octanol–water partition coefficient (Wildman–Crippen LogP) is 2.62. The van der Waals surface area contributed by atoms with E-state index in [4.69, 9.17) is 5.73 Å². The fourth-order valence-electron chi connectivity index (χ4n) is 2.25. The van der Waals surface area contributed by atoms with Crippen LogP contribution >= 0.6 is 0 Å². The molecule has 0 amide bonds. The molecule has 3 nitrogen and oxygen atoms in total. The van der Waals surface area contributed by atoms with Crippen LogP contribution < -0.4 is 5.73 Å². The molecule has 1 heterocycles. The minimum atomic E-state index is -0.191. The molecule has 1 atom stereocenters. The van der Waals surface area contributed by atoms with Gasteiger partial charge in [0, 0.05) is 7.05 Å². The van der Waals surface area contributed by atoms with Crippen LogP contribution in [0.3, 0.4) is 0 Å². The van der Waals surface area contributed by atoms with E-state index in [0.717, 1.165) is 22.4 Å². The van der Waals surface area contributed by atoms with Gasteiger partial charge in [-0.1, -0.05) is 42.5 Å². The van der Waals surface area contributed by atoms with Crippen molar-refractivity contribution in [3.8, 4) is 0 Å². The largest absolute Gasteiger partial charge is 0.330 e. The van der Waals surface area contributed by atoms with E-state index in [2.05, 4.69) is 15.6 Å². The topological polar surface area (TPSA) is 43.8 Å². The Hall–Kier alpha value is -2.13. The summed E-state index contributed by atoms with van der Waals surface area (Å²) in [5.74, 6) is 0.891. The van der Waals surface area contributed by atoms with Crippen LogP contribution in [0.2, 0.25) is 0 Å². The highest BCUT2D eigenvalue weighted by Crippen LogP contribution is 2.22. The van der Waals surface area contributed by atoms with Gasteiger partial charge in [-0.2, -0.15) is 0 Å². The number of hydrogen-bond acceptors (Lipinski definition) is 2. The molecule has 0 fully saturated rings. The van der Waals surface area contributed by atoms with Crippen LogP contribution in [0, 0.1) is 0 Å². The summed E-state index contributed by atoms with van der Waals surface area (Å²) in [6, 6.07) is 17.9. The highest BCUT2D eigenvalue weighted by atomic mass is 15.1. The first-order chi connectivity index (χ1) is 8.77. The quantitative estimate of drug-likeness (QED) is 0.744. The van der Waals surface area contributed by atoms with Gasteiger partial charge >= 0.3 is 0 Å². The molecule has 3 heteroatoms. The summed E-state index contributed by atoms with van der Waals surface area (Å²) in [7, 11) is 2.01. The normalized spacial score (nSPS) is 12.8. The maximum Gasteiger partial charge on any atom is 0.131 e. The molecule has 3 aromatic rings. The van der Waals surface area contributed by atoms with E-state index in [9.17, 15) is 0 Å². The Bertz CT molecular complexity index is 671. The lowest BCUT2D eigenvalue weighted by atomic mass is 10.1. The molecule has 0 bridgehead atoms. The number of hydrogen-bond donors (Lipinski definition) is 1. The molecule has 1 unspecified atom stereocenters. The lowest BCUT2D eigenvalue weighted by molar-refractivity contribution is 0.728. The molecule has 0 aliphatic carbocycles.